The van der Waals surface area contributed by atoms with Gasteiger partial charge in [0.1, 0.15) is 0 Å². The maximum atomic E-state index is 12.7. The molecule has 0 aliphatic rings. The van der Waals surface area contributed by atoms with Crippen molar-refractivity contribution in [2.75, 3.05) is 6.54 Å². The number of thiocarbonyl (C=S) groups is 1. The molecule has 0 aromatic heterocycles. The summed E-state index contributed by atoms with van der Waals surface area (Å²) < 4.78 is 38.2. The first-order valence-electron chi connectivity index (χ1n) is 6.05. The van der Waals surface area contributed by atoms with Crippen molar-refractivity contribution in [3.63, 3.8) is 0 Å². The molecule has 110 valence electrons. The highest BCUT2D eigenvalue weighted by Gasteiger charge is 2.34. The number of amides is 1. The van der Waals surface area contributed by atoms with Crippen molar-refractivity contribution in [3.05, 3.63) is 35.4 Å². The highest BCUT2D eigenvalue weighted by molar-refractivity contribution is 7.80. The molecule has 0 aliphatic heterocycles. The molecular formula is C13H15F3N2OS. The lowest BCUT2D eigenvalue weighted by molar-refractivity contribution is -0.137. The Morgan fingerprint density at radius 2 is 1.90 bits per heavy atom. The van der Waals surface area contributed by atoms with E-state index in [1.54, 1.807) is 0 Å². The summed E-state index contributed by atoms with van der Waals surface area (Å²) in [6.07, 6.45) is -2.68. The molecule has 20 heavy (non-hydrogen) atoms. The zero-order valence-corrected chi connectivity index (χ0v) is 11.5. The topological polar surface area (TPSA) is 55.1 Å². The predicted molar refractivity (Wildman–Crippen MR) is 74.4 cm³/mol. The molecule has 0 bridgehead atoms. The average molecular weight is 304 g/mol. The molecule has 3 N–H and O–H groups in total. The van der Waals surface area contributed by atoms with Gasteiger partial charge < -0.3 is 11.1 Å². The van der Waals surface area contributed by atoms with Gasteiger partial charge in [-0.25, -0.2) is 0 Å². The van der Waals surface area contributed by atoms with Crippen molar-refractivity contribution < 1.29 is 18.0 Å². The summed E-state index contributed by atoms with van der Waals surface area (Å²) in [5.41, 5.74) is 4.02. The third-order valence-electron chi connectivity index (χ3n) is 2.61. The third kappa shape index (κ3) is 5.16. The Balaban J connectivity index is 2.58. The molecule has 1 aromatic carbocycles. The molecule has 0 saturated carbocycles. The number of benzene rings is 1. The highest BCUT2D eigenvalue weighted by atomic mass is 32.1. The predicted octanol–water partition coefficient (Wildman–Crippen LogP) is 2.89. The van der Waals surface area contributed by atoms with E-state index in [0.717, 1.165) is 12.1 Å². The normalized spacial score (nSPS) is 11.2. The largest absolute Gasteiger partial charge is 0.417 e. The van der Waals surface area contributed by atoms with Crippen molar-refractivity contribution in [1.82, 2.24) is 5.32 Å². The van der Waals surface area contributed by atoms with E-state index in [0.29, 0.717) is 24.3 Å². The minimum Gasteiger partial charge on any atom is -0.393 e. The maximum Gasteiger partial charge on any atom is 0.417 e. The molecule has 3 nitrogen and oxygen atoms in total. The molecule has 0 heterocycles. The van der Waals surface area contributed by atoms with Gasteiger partial charge in [-0.15, -0.1) is 0 Å². The fourth-order valence-electron chi connectivity index (χ4n) is 1.65. The monoisotopic (exact) mass is 304 g/mol. The van der Waals surface area contributed by atoms with Gasteiger partial charge in [0.05, 0.1) is 16.1 Å². The molecule has 0 unspecified atom stereocenters. The molecule has 1 aromatic rings. The van der Waals surface area contributed by atoms with E-state index in [4.69, 9.17) is 18.0 Å². The Hall–Kier alpha value is -1.63. The SMILES string of the molecule is NC(=S)CCCCNC(=O)c1ccccc1C(F)(F)F. The van der Waals surface area contributed by atoms with Crippen LogP contribution in [0.2, 0.25) is 0 Å². The fraction of sp³-hybridized carbons (Fsp3) is 0.385. The Morgan fingerprint density at radius 3 is 2.50 bits per heavy atom. The van der Waals surface area contributed by atoms with Crippen LogP contribution < -0.4 is 11.1 Å². The van der Waals surface area contributed by atoms with Gasteiger partial charge in [0.2, 0.25) is 0 Å². The second kappa shape index (κ2) is 7.23. The third-order valence-corrected chi connectivity index (χ3v) is 2.82. The van der Waals surface area contributed by atoms with Crippen molar-refractivity contribution in [2.45, 2.75) is 25.4 Å². The number of nitrogens with one attached hydrogen (secondary N) is 1. The number of hydrogen-bond donors (Lipinski definition) is 2. The molecule has 0 saturated heterocycles. The van der Waals surface area contributed by atoms with E-state index in [2.05, 4.69) is 5.32 Å². The maximum absolute atomic E-state index is 12.7. The number of carbonyl (C=O) groups is 1. The summed E-state index contributed by atoms with van der Waals surface area (Å²) in [5.74, 6) is -0.728. The minimum atomic E-state index is -4.54. The van der Waals surface area contributed by atoms with Crippen LogP contribution >= 0.6 is 12.2 Å². The van der Waals surface area contributed by atoms with Crippen molar-refractivity contribution in [3.8, 4) is 0 Å². The molecule has 1 rings (SSSR count). The van der Waals surface area contributed by atoms with Crippen LogP contribution in [0, 0.1) is 0 Å². The number of nitrogens with two attached hydrogens (primary N) is 1. The Morgan fingerprint density at radius 1 is 1.25 bits per heavy atom. The van der Waals surface area contributed by atoms with Gasteiger partial charge in [0, 0.05) is 6.54 Å². The molecule has 7 heteroatoms. The summed E-state index contributed by atoms with van der Waals surface area (Å²) in [7, 11) is 0. The lowest BCUT2D eigenvalue weighted by Gasteiger charge is -2.12. The first-order chi connectivity index (χ1) is 9.32. The molecular weight excluding hydrogens is 289 g/mol. The minimum absolute atomic E-state index is 0.285. The van der Waals surface area contributed by atoms with Gasteiger partial charge in [-0.3, -0.25) is 4.79 Å². The summed E-state index contributed by atoms with van der Waals surface area (Å²) in [5, 5.41) is 2.46. The van der Waals surface area contributed by atoms with E-state index in [1.807, 2.05) is 0 Å². The molecule has 0 aliphatic carbocycles. The van der Waals surface area contributed by atoms with E-state index in [-0.39, 0.29) is 12.1 Å². The van der Waals surface area contributed by atoms with Crippen LogP contribution in [0.5, 0.6) is 0 Å². The van der Waals surface area contributed by atoms with E-state index >= 15 is 0 Å². The van der Waals surface area contributed by atoms with Gasteiger partial charge in [-0.2, -0.15) is 13.2 Å². The summed E-state index contributed by atoms with van der Waals surface area (Å²) in [6, 6.07) is 4.70. The lowest BCUT2D eigenvalue weighted by atomic mass is 10.1. The lowest BCUT2D eigenvalue weighted by Crippen LogP contribution is -2.27. The van der Waals surface area contributed by atoms with Gasteiger partial charge in [-0.05, 0) is 31.4 Å². The van der Waals surface area contributed by atoms with Gasteiger partial charge in [0.15, 0.2) is 0 Å². The smallest absolute Gasteiger partial charge is 0.393 e. The van der Waals surface area contributed by atoms with Crippen molar-refractivity contribution in [1.29, 1.82) is 0 Å². The number of unbranched alkanes of at least 4 members (excludes halogenated alkanes) is 1. The fourth-order valence-corrected chi connectivity index (χ4v) is 1.79. The van der Waals surface area contributed by atoms with Crippen LogP contribution in [-0.2, 0) is 6.18 Å². The standard InChI is InChI=1S/C13H15F3N2OS/c14-13(15,16)10-6-2-1-5-9(10)12(19)18-8-4-3-7-11(17)20/h1-2,5-6H,3-4,7-8H2,(H2,17,20)(H,18,19). The van der Waals surface area contributed by atoms with Gasteiger partial charge >= 0.3 is 6.18 Å². The number of alkyl halides is 3. The van der Waals surface area contributed by atoms with E-state index in [9.17, 15) is 18.0 Å². The van der Waals surface area contributed by atoms with Crippen LogP contribution in [-0.4, -0.2) is 17.4 Å². The number of carbonyl (C=O) groups excluding carboxylic acids is 1. The first kappa shape index (κ1) is 16.4. The number of rotatable bonds is 6. The molecule has 0 atom stereocenters. The second-order valence-electron chi connectivity index (χ2n) is 4.22. The molecule has 0 spiro atoms. The number of hydrogen-bond acceptors (Lipinski definition) is 2. The van der Waals surface area contributed by atoms with E-state index < -0.39 is 17.6 Å². The Labute approximate surface area is 120 Å². The molecule has 0 radical (unpaired) electrons. The van der Waals surface area contributed by atoms with Gasteiger partial charge in [-0.1, -0.05) is 24.4 Å². The molecule has 1 amide bonds. The summed E-state index contributed by atoms with van der Waals surface area (Å²) in [6.45, 7) is 0.285. The van der Waals surface area contributed by atoms with Crippen molar-refractivity contribution >= 4 is 23.1 Å². The Bertz CT molecular complexity index is 489. The van der Waals surface area contributed by atoms with Crippen LogP contribution in [0.1, 0.15) is 35.2 Å². The second-order valence-corrected chi connectivity index (χ2v) is 4.75. The van der Waals surface area contributed by atoms with Crippen LogP contribution in [0.4, 0.5) is 13.2 Å². The number of halogens is 3. The van der Waals surface area contributed by atoms with Crippen LogP contribution in [0.25, 0.3) is 0 Å². The quantitative estimate of drug-likeness (QED) is 0.627. The zero-order valence-electron chi connectivity index (χ0n) is 10.7. The molecule has 0 fully saturated rings. The highest BCUT2D eigenvalue weighted by Crippen LogP contribution is 2.31. The Kier molecular flexibility index (Phi) is 5.94. The summed E-state index contributed by atoms with van der Waals surface area (Å²) >= 11 is 4.70. The first-order valence-corrected chi connectivity index (χ1v) is 6.46. The van der Waals surface area contributed by atoms with Crippen LogP contribution in [0.15, 0.2) is 24.3 Å². The zero-order chi connectivity index (χ0) is 15.2. The van der Waals surface area contributed by atoms with Crippen molar-refractivity contribution in [2.24, 2.45) is 5.73 Å². The summed E-state index contributed by atoms with van der Waals surface area (Å²) in [4.78, 5) is 12.1. The van der Waals surface area contributed by atoms with Gasteiger partial charge in [0.25, 0.3) is 5.91 Å². The van der Waals surface area contributed by atoms with Crippen LogP contribution in [0.3, 0.4) is 0 Å². The van der Waals surface area contributed by atoms with E-state index in [1.165, 1.54) is 12.1 Å². The average Bonchev–Trinajstić information content (AvgIpc) is 2.36.